The molecule has 19 heavy (non-hydrogen) atoms. The van der Waals surface area contributed by atoms with Crippen LogP contribution in [0.25, 0.3) is 0 Å². The van der Waals surface area contributed by atoms with Crippen molar-refractivity contribution in [3.63, 3.8) is 0 Å². The van der Waals surface area contributed by atoms with Gasteiger partial charge in [-0.05, 0) is 29.3 Å². The lowest BCUT2D eigenvalue weighted by Gasteiger charge is -2.09. The molecule has 98 valence electrons. The summed E-state index contributed by atoms with van der Waals surface area (Å²) in [7, 11) is 0. The fourth-order valence-electron chi connectivity index (χ4n) is 1.47. The van der Waals surface area contributed by atoms with E-state index in [1.165, 1.54) is 6.20 Å². The molecule has 0 aliphatic carbocycles. The smallest absolute Gasteiger partial charge is 0.254 e. The maximum atomic E-state index is 11.2. The molecule has 1 aromatic carbocycles. The van der Waals surface area contributed by atoms with Crippen molar-refractivity contribution < 1.29 is 9.90 Å². The molecule has 1 aromatic heterocycles. The molecule has 0 atom stereocenters. The van der Waals surface area contributed by atoms with E-state index >= 15 is 0 Å². The Balaban J connectivity index is 2.16. The topological polar surface area (TPSA) is 101 Å². The third-order valence-electron chi connectivity index (χ3n) is 2.42. The Hall–Kier alpha value is -2.34. The lowest BCUT2D eigenvalue weighted by molar-refractivity contribution is 0.100. The standard InChI is InChI=1S/C12H11ClN4O2/c13-12-16-6-9(10(14)19)11(17-12)15-5-7-1-3-8(18)4-2-7/h1-4,6,18H,5H2,(H2,14,19)(H,15,16,17). The van der Waals surface area contributed by atoms with Crippen LogP contribution in [0.5, 0.6) is 5.75 Å². The van der Waals surface area contributed by atoms with Crippen LogP contribution in [0, 0.1) is 0 Å². The van der Waals surface area contributed by atoms with Gasteiger partial charge in [0.1, 0.15) is 11.6 Å². The van der Waals surface area contributed by atoms with Crippen LogP contribution in [-0.2, 0) is 6.54 Å². The zero-order valence-electron chi connectivity index (χ0n) is 9.80. The van der Waals surface area contributed by atoms with Gasteiger partial charge in [-0.2, -0.15) is 4.98 Å². The fraction of sp³-hybridized carbons (Fsp3) is 0.0833. The van der Waals surface area contributed by atoms with Gasteiger partial charge in [-0.1, -0.05) is 12.1 Å². The maximum Gasteiger partial charge on any atom is 0.254 e. The highest BCUT2D eigenvalue weighted by atomic mass is 35.5. The number of hydrogen-bond donors (Lipinski definition) is 3. The number of phenols is 1. The van der Waals surface area contributed by atoms with Crippen LogP contribution >= 0.6 is 11.6 Å². The first-order valence-electron chi connectivity index (χ1n) is 5.40. The van der Waals surface area contributed by atoms with Gasteiger partial charge in [0, 0.05) is 12.7 Å². The quantitative estimate of drug-likeness (QED) is 0.737. The number of halogens is 1. The molecule has 4 N–H and O–H groups in total. The first-order valence-corrected chi connectivity index (χ1v) is 5.78. The molecule has 0 unspecified atom stereocenters. The van der Waals surface area contributed by atoms with Gasteiger partial charge in [0.25, 0.3) is 5.91 Å². The molecule has 6 nitrogen and oxygen atoms in total. The highest BCUT2D eigenvalue weighted by Gasteiger charge is 2.11. The second-order valence-electron chi connectivity index (χ2n) is 3.79. The van der Waals surface area contributed by atoms with Gasteiger partial charge in [-0.15, -0.1) is 0 Å². The fourth-order valence-corrected chi connectivity index (χ4v) is 1.61. The zero-order chi connectivity index (χ0) is 13.8. The summed E-state index contributed by atoms with van der Waals surface area (Å²) in [4.78, 5) is 18.8. The number of rotatable bonds is 4. The summed E-state index contributed by atoms with van der Waals surface area (Å²) >= 11 is 5.68. The minimum absolute atomic E-state index is 0.0261. The van der Waals surface area contributed by atoms with Crippen LogP contribution in [0.2, 0.25) is 5.28 Å². The summed E-state index contributed by atoms with van der Waals surface area (Å²) in [6.07, 6.45) is 1.27. The Kier molecular flexibility index (Phi) is 3.82. The van der Waals surface area contributed by atoms with E-state index in [9.17, 15) is 9.90 Å². The number of carbonyl (C=O) groups excluding carboxylic acids is 1. The molecule has 0 aliphatic heterocycles. The van der Waals surface area contributed by atoms with Crippen molar-refractivity contribution in [3.8, 4) is 5.75 Å². The van der Waals surface area contributed by atoms with Crippen molar-refractivity contribution >= 4 is 23.3 Å². The van der Waals surface area contributed by atoms with E-state index in [0.717, 1.165) is 5.56 Å². The van der Waals surface area contributed by atoms with Crippen LogP contribution in [-0.4, -0.2) is 21.0 Å². The van der Waals surface area contributed by atoms with E-state index in [0.29, 0.717) is 6.54 Å². The number of primary amides is 1. The molecule has 0 radical (unpaired) electrons. The molecular weight excluding hydrogens is 268 g/mol. The Morgan fingerprint density at radius 3 is 2.68 bits per heavy atom. The highest BCUT2D eigenvalue weighted by Crippen LogP contribution is 2.16. The van der Waals surface area contributed by atoms with E-state index < -0.39 is 5.91 Å². The van der Waals surface area contributed by atoms with Crippen LogP contribution in [0.1, 0.15) is 15.9 Å². The largest absolute Gasteiger partial charge is 0.508 e. The Labute approximate surface area is 114 Å². The predicted molar refractivity (Wildman–Crippen MR) is 71.0 cm³/mol. The molecular formula is C12H11ClN4O2. The summed E-state index contributed by atoms with van der Waals surface area (Å²) in [6, 6.07) is 6.63. The third-order valence-corrected chi connectivity index (χ3v) is 2.60. The summed E-state index contributed by atoms with van der Waals surface area (Å²) in [5.74, 6) is -0.169. The number of aromatic nitrogens is 2. The number of amides is 1. The molecule has 1 amide bonds. The first-order chi connectivity index (χ1) is 9.06. The number of benzene rings is 1. The normalized spacial score (nSPS) is 10.2. The second-order valence-corrected chi connectivity index (χ2v) is 4.12. The van der Waals surface area contributed by atoms with Crippen molar-refractivity contribution in [3.05, 3.63) is 46.9 Å². The predicted octanol–water partition coefficient (Wildman–Crippen LogP) is 1.55. The minimum Gasteiger partial charge on any atom is -0.508 e. The molecule has 0 saturated carbocycles. The second kappa shape index (κ2) is 5.53. The molecule has 0 saturated heterocycles. The molecule has 0 spiro atoms. The number of hydrogen-bond acceptors (Lipinski definition) is 5. The molecule has 0 fully saturated rings. The number of aromatic hydroxyl groups is 1. The summed E-state index contributed by atoms with van der Waals surface area (Å²) in [5.41, 5.74) is 6.29. The molecule has 2 rings (SSSR count). The lowest BCUT2D eigenvalue weighted by atomic mass is 10.2. The summed E-state index contributed by atoms with van der Waals surface area (Å²) in [5, 5.41) is 12.2. The summed E-state index contributed by atoms with van der Waals surface area (Å²) < 4.78 is 0. The maximum absolute atomic E-state index is 11.2. The van der Waals surface area contributed by atoms with Crippen molar-refractivity contribution in [1.29, 1.82) is 0 Å². The average molecular weight is 279 g/mol. The molecule has 0 aliphatic rings. The number of nitrogens with two attached hydrogens (primary N) is 1. The van der Waals surface area contributed by atoms with E-state index in [1.54, 1.807) is 24.3 Å². The molecule has 2 aromatic rings. The molecule has 0 bridgehead atoms. The van der Waals surface area contributed by atoms with Crippen LogP contribution in [0.3, 0.4) is 0 Å². The average Bonchev–Trinajstić information content (AvgIpc) is 2.38. The van der Waals surface area contributed by atoms with E-state index in [1.807, 2.05) is 0 Å². The van der Waals surface area contributed by atoms with Gasteiger partial charge < -0.3 is 16.2 Å². The Morgan fingerprint density at radius 1 is 1.37 bits per heavy atom. The van der Waals surface area contributed by atoms with Gasteiger partial charge >= 0.3 is 0 Å². The van der Waals surface area contributed by atoms with Crippen molar-refractivity contribution in [2.75, 3.05) is 5.32 Å². The lowest BCUT2D eigenvalue weighted by Crippen LogP contribution is -2.16. The van der Waals surface area contributed by atoms with Gasteiger partial charge in [-0.3, -0.25) is 4.79 Å². The van der Waals surface area contributed by atoms with Crippen molar-refractivity contribution in [2.45, 2.75) is 6.54 Å². The van der Waals surface area contributed by atoms with Crippen LogP contribution in [0.4, 0.5) is 5.82 Å². The molecule has 1 heterocycles. The van der Waals surface area contributed by atoms with Gasteiger partial charge in [0.05, 0.1) is 5.56 Å². The number of anilines is 1. The third kappa shape index (κ3) is 3.32. The van der Waals surface area contributed by atoms with E-state index in [-0.39, 0.29) is 22.4 Å². The van der Waals surface area contributed by atoms with Gasteiger partial charge in [0.2, 0.25) is 5.28 Å². The van der Waals surface area contributed by atoms with Crippen LogP contribution < -0.4 is 11.1 Å². The number of carbonyl (C=O) groups is 1. The van der Waals surface area contributed by atoms with Crippen molar-refractivity contribution in [2.24, 2.45) is 5.73 Å². The Bertz CT molecular complexity index is 601. The van der Waals surface area contributed by atoms with E-state index in [2.05, 4.69) is 15.3 Å². The van der Waals surface area contributed by atoms with Crippen molar-refractivity contribution in [1.82, 2.24) is 9.97 Å². The van der Waals surface area contributed by atoms with Crippen LogP contribution in [0.15, 0.2) is 30.5 Å². The number of phenolic OH excluding ortho intramolecular Hbond substituents is 1. The zero-order valence-corrected chi connectivity index (χ0v) is 10.6. The van der Waals surface area contributed by atoms with E-state index in [4.69, 9.17) is 17.3 Å². The Morgan fingerprint density at radius 2 is 2.05 bits per heavy atom. The monoisotopic (exact) mass is 278 g/mol. The molecule has 7 heteroatoms. The van der Waals surface area contributed by atoms with Gasteiger partial charge in [-0.25, -0.2) is 4.98 Å². The number of nitrogens with one attached hydrogen (secondary N) is 1. The van der Waals surface area contributed by atoms with Gasteiger partial charge in [0.15, 0.2) is 0 Å². The number of nitrogens with zero attached hydrogens (tertiary/aromatic N) is 2. The first kappa shape index (κ1) is 13.1. The SMILES string of the molecule is NC(=O)c1cnc(Cl)nc1NCc1ccc(O)cc1. The minimum atomic E-state index is -0.634. The summed E-state index contributed by atoms with van der Waals surface area (Å²) in [6.45, 7) is 0.411. The highest BCUT2D eigenvalue weighted by molar-refractivity contribution is 6.28.